The number of hydrogen-bond donors (Lipinski definition) is 2. The molecule has 1 aromatic heterocycles. The number of rotatable bonds is 4. The highest BCUT2D eigenvalue weighted by Gasteiger charge is 2.50. The van der Waals surface area contributed by atoms with Crippen LogP contribution in [-0.2, 0) is 16.6 Å². The molecule has 2 aromatic rings. The van der Waals surface area contributed by atoms with Gasteiger partial charge in [-0.25, -0.2) is 4.98 Å². The van der Waals surface area contributed by atoms with Crippen molar-refractivity contribution in [2.75, 3.05) is 11.5 Å². The molecule has 0 unspecified atom stereocenters. The molecule has 0 amide bonds. The van der Waals surface area contributed by atoms with Crippen molar-refractivity contribution in [3.05, 3.63) is 53.7 Å². The first kappa shape index (κ1) is 12.7. The van der Waals surface area contributed by atoms with E-state index in [1.54, 1.807) is 6.20 Å². The van der Waals surface area contributed by atoms with E-state index in [1.807, 2.05) is 36.4 Å². The van der Waals surface area contributed by atoms with Crippen molar-refractivity contribution in [1.29, 1.82) is 0 Å². The van der Waals surface area contributed by atoms with Crippen molar-refractivity contribution in [3.63, 3.8) is 0 Å². The molecule has 102 valence electrons. The monoisotopic (exact) mass is 267 g/mol. The highest BCUT2D eigenvalue weighted by molar-refractivity contribution is 5.95. The van der Waals surface area contributed by atoms with Crippen molar-refractivity contribution in [1.82, 2.24) is 4.98 Å². The molecule has 0 radical (unpaired) electrons. The van der Waals surface area contributed by atoms with Crippen LogP contribution in [0.5, 0.6) is 0 Å². The highest BCUT2D eigenvalue weighted by Crippen LogP contribution is 2.49. The Hall–Kier alpha value is -2.36. The van der Waals surface area contributed by atoms with Gasteiger partial charge in [0.05, 0.1) is 5.41 Å². The van der Waals surface area contributed by atoms with E-state index in [0.29, 0.717) is 17.9 Å². The maximum absolute atomic E-state index is 12.6. The number of nitrogens with two attached hydrogens (primary N) is 2. The van der Waals surface area contributed by atoms with E-state index in [1.165, 1.54) is 0 Å². The molecule has 4 nitrogen and oxygen atoms in total. The number of nitrogen functional groups attached to an aromatic ring is 2. The van der Waals surface area contributed by atoms with Gasteiger partial charge in [-0.1, -0.05) is 18.2 Å². The molecule has 1 fully saturated rings. The smallest absolute Gasteiger partial charge is 0.147 e. The quantitative estimate of drug-likeness (QED) is 0.831. The van der Waals surface area contributed by atoms with Crippen molar-refractivity contribution in [3.8, 4) is 0 Å². The van der Waals surface area contributed by atoms with Gasteiger partial charge < -0.3 is 11.5 Å². The number of carbonyl (C=O) groups excluding carboxylic acids is 1. The van der Waals surface area contributed by atoms with Crippen LogP contribution in [0.15, 0.2) is 42.6 Å². The zero-order valence-electron chi connectivity index (χ0n) is 11.2. The van der Waals surface area contributed by atoms with Crippen molar-refractivity contribution < 1.29 is 4.79 Å². The Morgan fingerprint density at radius 3 is 2.45 bits per heavy atom. The second kappa shape index (κ2) is 4.63. The van der Waals surface area contributed by atoms with E-state index >= 15 is 0 Å². The van der Waals surface area contributed by atoms with E-state index in [-0.39, 0.29) is 11.2 Å². The van der Waals surface area contributed by atoms with Crippen LogP contribution in [0, 0.1) is 0 Å². The van der Waals surface area contributed by atoms with Gasteiger partial charge >= 0.3 is 0 Å². The van der Waals surface area contributed by atoms with Crippen LogP contribution in [0.4, 0.5) is 11.5 Å². The molecular formula is C16H17N3O. The zero-order chi connectivity index (χ0) is 14.2. The molecule has 1 aliphatic carbocycles. The van der Waals surface area contributed by atoms with E-state index in [0.717, 1.165) is 24.0 Å². The summed E-state index contributed by atoms with van der Waals surface area (Å²) in [7, 11) is 0. The Labute approximate surface area is 117 Å². The predicted octanol–water partition coefficient (Wildman–Crippen LogP) is 2.09. The highest BCUT2D eigenvalue weighted by atomic mass is 16.1. The molecule has 0 bridgehead atoms. The van der Waals surface area contributed by atoms with Crippen LogP contribution >= 0.6 is 0 Å². The minimum Gasteiger partial charge on any atom is -0.399 e. The third kappa shape index (κ3) is 2.13. The van der Waals surface area contributed by atoms with Crippen molar-refractivity contribution >= 4 is 17.3 Å². The Balaban J connectivity index is 1.84. The fourth-order valence-corrected chi connectivity index (χ4v) is 2.60. The van der Waals surface area contributed by atoms with Gasteiger partial charge in [-0.2, -0.15) is 0 Å². The maximum Gasteiger partial charge on any atom is 0.147 e. The largest absolute Gasteiger partial charge is 0.399 e. The third-order valence-electron chi connectivity index (χ3n) is 4.02. The number of Topliss-reactive ketones (excluding diaryl/α,β-unsaturated/α-hetero) is 1. The fourth-order valence-electron chi connectivity index (χ4n) is 2.60. The average molecular weight is 267 g/mol. The van der Waals surface area contributed by atoms with Crippen molar-refractivity contribution in [2.45, 2.75) is 24.7 Å². The lowest BCUT2D eigenvalue weighted by molar-refractivity contribution is -0.120. The number of carbonyl (C=O) groups is 1. The van der Waals surface area contributed by atoms with Gasteiger partial charge in [-0.15, -0.1) is 0 Å². The SMILES string of the molecule is Nc1ccc(C2(C(=O)Cc3cccnc3N)CC2)cc1. The zero-order valence-corrected chi connectivity index (χ0v) is 11.2. The van der Waals surface area contributed by atoms with Gasteiger partial charge in [0.15, 0.2) is 0 Å². The lowest BCUT2D eigenvalue weighted by Gasteiger charge is -2.15. The fraction of sp³-hybridized carbons (Fsp3) is 0.250. The Kier molecular flexibility index (Phi) is 2.93. The first-order valence-corrected chi connectivity index (χ1v) is 6.70. The molecule has 1 aliphatic rings. The van der Waals surface area contributed by atoms with Gasteiger partial charge in [0.1, 0.15) is 11.6 Å². The molecule has 0 aliphatic heterocycles. The minimum atomic E-state index is -0.337. The molecule has 0 spiro atoms. The third-order valence-corrected chi connectivity index (χ3v) is 4.02. The molecule has 1 aromatic carbocycles. The van der Waals surface area contributed by atoms with Gasteiger partial charge in [-0.05, 0) is 36.6 Å². The Morgan fingerprint density at radius 2 is 1.85 bits per heavy atom. The molecular weight excluding hydrogens is 250 g/mol. The maximum atomic E-state index is 12.6. The normalized spacial score (nSPS) is 15.8. The Bertz CT molecular complexity index is 645. The number of benzene rings is 1. The molecule has 4 heteroatoms. The summed E-state index contributed by atoms with van der Waals surface area (Å²) in [5.74, 6) is 0.649. The van der Waals surface area contributed by atoms with E-state index in [9.17, 15) is 4.79 Å². The van der Waals surface area contributed by atoms with Gasteiger partial charge in [0.25, 0.3) is 0 Å². The Morgan fingerprint density at radius 1 is 1.15 bits per heavy atom. The number of pyridine rings is 1. The van der Waals surface area contributed by atoms with Gasteiger partial charge in [0.2, 0.25) is 0 Å². The number of hydrogen-bond acceptors (Lipinski definition) is 4. The molecule has 1 saturated carbocycles. The minimum absolute atomic E-state index is 0.210. The van der Waals surface area contributed by atoms with E-state index in [4.69, 9.17) is 11.5 Å². The first-order valence-electron chi connectivity index (χ1n) is 6.70. The summed E-state index contributed by atoms with van der Waals surface area (Å²) in [6, 6.07) is 11.3. The molecule has 3 rings (SSSR count). The first-order chi connectivity index (χ1) is 9.62. The van der Waals surface area contributed by atoms with Crippen molar-refractivity contribution in [2.24, 2.45) is 0 Å². The lowest BCUT2D eigenvalue weighted by atomic mass is 9.88. The van der Waals surface area contributed by atoms with Crippen LogP contribution in [0.1, 0.15) is 24.0 Å². The molecule has 0 atom stereocenters. The topological polar surface area (TPSA) is 82.0 Å². The summed E-state index contributed by atoms with van der Waals surface area (Å²) in [6.45, 7) is 0. The number of anilines is 2. The van der Waals surface area contributed by atoms with Crippen LogP contribution < -0.4 is 11.5 Å². The summed E-state index contributed by atoms with van der Waals surface area (Å²) in [6.07, 6.45) is 3.77. The summed E-state index contributed by atoms with van der Waals surface area (Å²) >= 11 is 0. The summed E-state index contributed by atoms with van der Waals surface area (Å²) < 4.78 is 0. The average Bonchev–Trinajstić information content (AvgIpc) is 3.24. The van der Waals surface area contributed by atoms with E-state index < -0.39 is 0 Å². The van der Waals surface area contributed by atoms with Crippen LogP contribution in [0.25, 0.3) is 0 Å². The summed E-state index contributed by atoms with van der Waals surface area (Å²) in [5, 5.41) is 0. The van der Waals surface area contributed by atoms with E-state index in [2.05, 4.69) is 4.98 Å². The van der Waals surface area contributed by atoms with Crippen LogP contribution in [0.3, 0.4) is 0 Å². The molecule has 4 N–H and O–H groups in total. The molecule has 0 saturated heterocycles. The summed E-state index contributed by atoms with van der Waals surface area (Å²) in [5.41, 5.74) is 13.7. The second-order valence-corrected chi connectivity index (χ2v) is 5.35. The van der Waals surface area contributed by atoms with Gasteiger partial charge in [-0.3, -0.25) is 4.79 Å². The molecule has 1 heterocycles. The molecule has 20 heavy (non-hydrogen) atoms. The standard InChI is InChI=1S/C16H17N3O/c17-13-5-3-12(4-6-13)16(7-8-16)14(20)10-11-2-1-9-19-15(11)18/h1-6,9H,7-8,10,17H2,(H2,18,19). The number of nitrogens with zero attached hydrogens (tertiary/aromatic N) is 1. The van der Waals surface area contributed by atoms with Crippen LogP contribution in [-0.4, -0.2) is 10.8 Å². The number of aromatic nitrogens is 1. The number of ketones is 1. The van der Waals surface area contributed by atoms with Crippen LogP contribution in [0.2, 0.25) is 0 Å². The second-order valence-electron chi connectivity index (χ2n) is 5.35. The summed E-state index contributed by atoms with van der Waals surface area (Å²) in [4.78, 5) is 16.6. The predicted molar refractivity (Wildman–Crippen MR) is 79.1 cm³/mol. The lowest BCUT2D eigenvalue weighted by Crippen LogP contribution is -2.23. The van der Waals surface area contributed by atoms with Gasteiger partial charge in [0, 0.05) is 23.9 Å².